The van der Waals surface area contributed by atoms with E-state index < -0.39 is 47.9 Å². The number of carboxylic acid groups (broad SMARTS) is 1. The minimum atomic E-state index is -1.27. The number of hydrogen-bond acceptors (Lipinski definition) is 7. The lowest BCUT2D eigenvalue weighted by molar-refractivity contribution is -0.146. The average Bonchev–Trinajstić information content (AvgIpc) is 3.25. The highest BCUT2D eigenvalue weighted by Gasteiger charge is 2.52. The molecule has 36 heavy (non-hydrogen) atoms. The van der Waals surface area contributed by atoms with Crippen molar-refractivity contribution in [3.63, 3.8) is 0 Å². The molecule has 184 valence electrons. The highest BCUT2D eigenvalue weighted by molar-refractivity contribution is 5.91. The fraction of sp³-hybridized carbons (Fsp3) is 0.214. The van der Waals surface area contributed by atoms with E-state index in [1.54, 1.807) is 78.9 Å². The number of hydrogen-bond donors (Lipinski definition) is 1. The standard InChI is InChI=1S/C28H24O8/c29-25(30)22-16-21(17-34-26(31)18-10-4-1-5-11-18)23(35-27(32)19-12-6-2-7-13-19)24(22)36-28(33)20-14-8-3-9-15-20/h1-15,21-24H,16-17H2,(H,29,30)/t21-,22-,23-,24+/m1/s1. The number of ether oxygens (including phenoxy) is 3. The Morgan fingerprint density at radius 1 is 0.639 bits per heavy atom. The van der Waals surface area contributed by atoms with Crippen molar-refractivity contribution in [3.05, 3.63) is 108 Å². The summed E-state index contributed by atoms with van der Waals surface area (Å²) >= 11 is 0. The van der Waals surface area contributed by atoms with E-state index in [4.69, 9.17) is 14.2 Å². The topological polar surface area (TPSA) is 116 Å². The van der Waals surface area contributed by atoms with E-state index in [1.165, 1.54) is 12.1 Å². The molecule has 0 amide bonds. The van der Waals surface area contributed by atoms with Gasteiger partial charge in [-0.2, -0.15) is 0 Å². The number of carboxylic acids is 1. The second-order valence-electron chi connectivity index (χ2n) is 8.38. The fourth-order valence-electron chi connectivity index (χ4n) is 4.18. The lowest BCUT2D eigenvalue weighted by Gasteiger charge is -2.26. The molecule has 0 unspecified atom stereocenters. The monoisotopic (exact) mass is 488 g/mol. The van der Waals surface area contributed by atoms with Gasteiger partial charge >= 0.3 is 23.9 Å². The van der Waals surface area contributed by atoms with Gasteiger partial charge in [-0.3, -0.25) is 4.79 Å². The van der Waals surface area contributed by atoms with Crippen molar-refractivity contribution < 1.29 is 38.5 Å². The number of aliphatic carboxylic acids is 1. The van der Waals surface area contributed by atoms with E-state index in [1.807, 2.05) is 0 Å². The van der Waals surface area contributed by atoms with Crippen LogP contribution in [0, 0.1) is 11.8 Å². The first-order valence-electron chi connectivity index (χ1n) is 11.4. The van der Waals surface area contributed by atoms with E-state index in [-0.39, 0.29) is 24.2 Å². The van der Waals surface area contributed by atoms with Crippen LogP contribution in [-0.2, 0) is 19.0 Å². The largest absolute Gasteiger partial charge is 0.481 e. The highest BCUT2D eigenvalue weighted by Crippen LogP contribution is 2.37. The molecule has 0 radical (unpaired) electrons. The molecular formula is C28H24O8. The molecule has 3 aromatic carbocycles. The normalized spacial score (nSPS) is 20.8. The van der Waals surface area contributed by atoms with Gasteiger partial charge in [-0.25, -0.2) is 14.4 Å². The molecule has 1 saturated carbocycles. The van der Waals surface area contributed by atoms with Crippen molar-refractivity contribution in [2.75, 3.05) is 6.61 Å². The maximum atomic E-state index is 12.9. The van der Waals surface area contributed by atoms with E-state index in [0.717, 1.165) is 0 Å². The Morgan fingerprint density at radius 3 is 1.50 bits per heavy atom. The molecule has 4 atom stereocenters. The minimum Gasteiger partial charge on any atom is -0.481 e. The van der Waals surface area contributed by atoms with Crippen LogP contribution in [0.15, 0.2) is 91.0 Å². The summed E-state index contributed by atoms with van der Waals surface area (Å²) in [5.41, 5.74) is 0.813. The quantitative estimate of drug-likeness (QED) is 0.373. The number of benzene rings is 3. The van der Waals surface area contributed by atoms with Crippen molar-refractivity contribution in [2.45, 2.75) is 18.6 Å². The lowest BCUT2D eigenvalue weighted by atomic mass is 10.1. The van der Waals surface area contributed by atoms with Crippen molar-refractivity contribution in [2.24, 2.45) is 11.8 Å². The first-order chi connectivity index (χ1) is 17.4. The van der Waals surface area contributed by atoms with Crippen LogP contribution in [0.3, 0.4) is 0 Å². The molecule has 1 aliphatic rings. The van der Waals surface area contributed by atoms with Gasteiger partial charge in [-0.1, -0.05) is 54.6 Å². The van der Waals surface area contributed by atoms with Gasteiger partial charge in [0, 0.05) is 5.92 Å². The summed E-state index contributed by atoms with van der Waals surface area (Å²) in [6.07, 6.45) is -2.44. The van der Waals surface area contributed by atoms with Crippen LogP contribution in [-0.4, -0.2) is 47.8 Å². The van der Waals surface area contributed by atoms with Gasteiger partial charge in [0.2, 0.25) is 0 Å². The van der Waals surface area contributed by atoms with E-state index in [9.17, 15) is 24.3 Å². The molecule has 1 N–H and O–H groups in total. The molecule has 4 rings (SSSR count). The van der Waals surface area contributed by atoms with E-state index in [0.29, 0.717) is 5.56 Å². The minimum absolute atomic E-state index is 0.0170. The average molecular weight is 488 g/mol. The van der Waals surface area contributed by atoms with E-state index >= 15 is 0 Å². The van der Waals surface area contributed by atoms with Gasteiger partial charge in [0.25, 0.3) is 0 Å². The number of carbonyl (C=O) groups is 4. The van der Waals surface area contributed by atoms with Gasteiger partial charge < -0.3 is 19.3 Å². The summed E-state index contributed by atoms with van der Waals surface area (Å²) in [6, 6.07) is 24.6. The molecule has 8 nitrogen and oxygen atoms in total. The Bertz CT molecular complexity index is 1210. The van der Waals surface area contributed by atoms with Crippen LogP contribution in [0.2, 0.25) is 0 Å². The molecule has 0 spiro atoms. The lowest BCUT2D eigenvalue weighted by Crippen LogP contribution is -2.40. The molecule has 0 saturated heterocycles. The number of esters is 3. The Hall–Kier alpha value is -4.46. The van der Waals surface area contributed by atoms with Gasteiger partial charge in [0.1, 0.15) is 6.10 Å². The second kappa shape index (κ2) is 11.3. The van der Waals surface area contributed by atoms with Crippen molar-refractivity contribution in [3.8, 4) is 0 Å². The summed E-state index contributed by atoms with van der Waals surface area (Å²) in [5.74, 6) is -5.12. The Kier molecular flexibility index (Phi) is 7.75. The van der Waals surface area contributed by atoms with Crippen molar-refractivity contribution >= 4 is 23.9 Å². The zero-order valence-electron chi connectivity index (χ0n) is 19.2. The maximum absolute atomic E-state index is 12.9. The third kappa shape index (κ3) is 5.78. The van der Waals surface area contributed by atoms with Crippen LogP contribution in [0.5, 0.6) is 0 Å². The molecule has 0 heterocycles. The van der Waals surface area contributed by atoms with Crippen LogP contribution in [0.25, 0.3) is 0 Å². The van der Waals surface area contributed by atoms with Gasteiger partial charge in [0.15, 0.2) is 6.10 Å². The molecule has 3 aromatic rings. The third-order valence-electron chi connectivity index (χ3n) is 6.00. The van der Waals surface area contributed by atoms with Crippen LogP contribution < -0.4 is 0 Å². The molecule has 0 bridgehead atoms. The molecule has 1 fully saturated rings. The van der Waals surface area contributed by atoms with Crippen LogP contribution >= 0.6 is 0 Å². The summed E-state index contributed by atoms with van der Waals surface area (Å²) < 4.78 is 16.7. The summed E-state index contributed by atoms with van der Waals surface area (Å²) in [5, 5.41) is 9.87. The zero-order valence-corrected chi connectivity index (χ0v) is 19.2. The molecular weight excluding hydrogens is 464 g/mol. The highest BCUT2D eigenvalue weighted by atomic mass is 16.6. The maximum Gasteiger partial charge on any atom is 0.338 e. The Morgan fingerprint density at radius 2 is 1.06 bits per heavy atom. The van der Waals surface area contributed by atoms with Crippen LogP contribution in [0.1, 0.15) is 37.5 Å². The Labute approximate surface area is 207 Å². The van der Waals surface area contributed by atoms with Crippen molar-refractivity contribution in [1.29, 1.82) is 0 Å². The van der Waals surface area contributed by atoms with Gasteiger partial charge in [-0.15, -0.1) is 0 Å². The van der Waals surface area contributed by atoms with Crippen LogP contribution in [0.4, 0.5) is 0 Å². The summed E-state index contributed by atoms with van der Waals surface area (Å²) in [4.78, 5) is 50.2. The second-order valence-corrected chi connectivity index (χ2v) is 8.38. The van der Waals surface area contributed by atoms with Gasteiger partial charge in [-0.05, 0) is 42.8 Å². The molecule has 1 aliphatic carbocycles. The SMILES string of the molecule is O=C(OC[C@H]1C[C@@H](C(=O)O)[C@H](OC(=O)c2ccccc2)[C@@H]1OC(=O)c1ccccc1)c1ccccc1. The first kappa shape index (κ1) is 24.7. The number of carbonyl (C=O) groups excluding carboxylic acids is 3. The molecule has 8 heteroatoms. The van der Waals surface area contributed by atoms with Crippen molar-refractivity contribution in [1.82, 2.24) is 0 Å². The third-order valence-corrected chi connectivity index (χ3v) is 6.00. The predicted octanol–water partition coefficient (Wildman–Crippen LogP) is 4.02. The predicted molar refractivity (Wildman–Crippen MR) is 127 cm³/mol. The molecule has 0 aliphatic heterocycles. The Balaban J connectivity index is 1.58. The summed E-state index contributed by atoms with van der Waals surface area (Å²) in [6.45, 7) is -0.219. The van der Waals surface area contributed by atoms with E-state index in [2.05, 4.69) is 0 Å². The van der Waals surface area contributed by atoms with Gasteiger partial charge in [0.05, 0.1) is 29.2 Å². The smallest absolute Gasteiger partial charge is 0.338 e. The fourth-order valence-corrected chi connectivity index (χ4v) is 4.18. The summed E-state index contributed by atoms with van der Waals surface area (Å²) in [7, 11) is 0. The first-order valence-corrected chi connectivity index (χ1v) is 11.4. The molecule has 0 aromatic heterocycles. The zero-order chi connectivity index (χ0) is 25.5. The number of rotatable bonds is 8.